The van der Waals surface area contributed by atoms with Gasteiger partial charge in [-0.05, 0) is 53.6 Å². The van der Waals surface area contributed by atoms with E-state index in [1.807, 2.05) is 0 Å². The first-order valence-corrected chi connectivity index (χ1v) is 8.79. The van der Waals surface area contributed by atoms with Crippen LogP contribution in [-0.4, -0.2) is 0 Å². The Bertz CT molecular complexity index is 602. The molecule has 0 heterocycles. The van der Waals surface area contributed by atoms with Crippen LogP contribution >= 0.6 is 31.9 Å². The summed E-state index contributed by atoms with van der Waals surface area (Å²) in [6.07, 6.45) is 2.19. The Kier molecular flexibility index (Phi) is 5.45. The molecule has 2 rings (SSSR count). The summed E-state index contributed by atoms with van der Waals surface area (Å²) in [4.78, 5) is 0.230. The van der Waals surface area contributed by atoms with E-state index < -0.39 is 0 Å². The average Bonchev–Trinajstić information content (AvgIpc) is 2.45. The third-order valence-electron chi connectivity index (χ3n) is 3.71. The van der Waals surface area contributed by atoms with E-state index in [1.165, 1.54) is 27.8 Å². The van der Waals surface area contributed by atoms with Crippen molar-refractivity contribution in [3.8, 4) is 0 Å². The number of aryl methyl sites for hydroxylation is 3. The van der Waals surface area contributed by atoms with Crippen molar-refractivity contribution in [1.82, 2.24) is 0 Å². The highest BCUT2D eigenvalue weighted by Gasteiger charge is 2.14. The Morgan fingerprint density at radius 3 is 2.25 bits per heavy atom. The minimum absolute atomic E-state index is 0.230. The van der Waals surface area contributed by atoms with Crippen molar-refractivity contribution in [3.63, 3.8) is 0 Å². The predicted molar refractivity (Wildman–Crippen MR) is 94.8 cm³/mol. The van der Waals surface area contributed by atoms with Crippen molar-refractivity contribution in [3.05, 3.63) is 68.7 Å². The van der Waals surface area contributed by atoms with Crippen LogP contribution in [0.15, 0.2) is 40.9 Å². The third kappa shape index (κ3) is 3.35. The van der Waals surface area contributed by atoms with Gasteiger partial charge < -0.3 is 0 Å². The fourth-order valence-electron chi connectivity index (χ4n) is 2.49. The van der Waals surface area contributed by atoms with E-state index >= 15 is 0 Å². The van der Waals surface area contributed by atoms with Gasteiger partial charge in [-0.2, -0.15) is 0 Å². The van der Waals surface area contributed by atoms with Crippen LogP contribution in [0.25, 0.3) is 0 Å². The fraction of sp³-hybridized carbons (Fsp3) is 0.333. The van der Waals surface area contributed by atoms with Gasteiger partial charge >= 0.3 is 0 Å². The number of halogens is 2. The molecule has 0 aromatic heterocycles. The average molecular weight is 396 g/mol. The van der Waals surface area contributed by atoms with Gasteiger partial charge in [-0.3, -0.25) is 0 Å². The number of rotatable bonds is 4. The van der Waals surface area contributed by atoms with Crippen molar-refractivity contribution >= 4 is 31.9 Å². The van der Waals surface area contributed by atoms with E-state index in [4.69, 9.17) is 0 Å². The van der Waals surface area contributed by atoms with Crippen LogP contribution in [0.2, 0.25) is 0 Å². The second kappa shape index (κ2) is 6.91. The lowest BCUT2D eigenvalue weighted by Crippen LogP contribution is -1.98. The molecule has 0 fully saturated rings. The number of benzene rings is 2. The first kappa shape index (κ1) is 15.8. The molecule has 2 heteroatoms. The lowest BCUT2D eigenvalue weighted by molar-refractivity contribution is 1.02. The Morgan fingerprint density at radius 2 is 1.65 bits per heavy atom. The molecular weight excluding hydrogens is 376 g/mol. The van der Waals surface area contributed by atoms with Crippen molar-refractivity contribution in [1.29, 1.82) is 0 Å². The molecule has 0 aliphatic carbocycles. The molecule has 0 radical (unpaired) electrons. The molecule has 1 atom stereocenters. The van der Waals surface area contributed by atoms with Gasteiger partial charge in [0.15, 0.2) is 0 Å². The van der Waals surface area contributed by atoms with Crippen molar-refractivity contribution in [2.45, 2.75) is 38.4 Å². The van der Waals surface area contributed by atoms with Gasteiger partial charge in [-0.1, -0.05) is 76.0 Å². The molecule has 0 bridgehead atoms. The predicted octanol–water partition coefficient (Wildman–Crippen LogP) is 6.37. The zero-order chi connectivity index (χ0) is 14.7. The van der Waals surface area contributed by atoms with Gasteiger partial charge in [0, 0.05) is 4.47 Å². The van der Waals surface area contributed by atoms with E-state index in [2.05, 4.69) is 89.0 Å². The lowest BCUT2D eigenvalue weighted by Gasteiger charge is -2.16. The summed E-state index contributed by atoms with van der Waals surface area (Å²) in [7, 11) is 0. The Balaban J connectivity index is 2.40. The highest BCUT2D eigenvalue weighted by Crippen LogP contribution is 2.36. The molecule has 0 nitrogen and oxygen atoms in total. The van der Waals surface area contributed by atoms with Gasteiger partial charge in [-0.25, -0.2) is 0 Å². The van der Waals surface area contributed by atoms with Crippen molar-refractivity contribution in [2.24, 2.45) is 0 Å². The molecule has 106 valence electrons. The van der Waals surface area contributed by atoms with Gasteiger partial charge in [0.05, 0.1) is 4.83 Å². The maximum Gasteiger partial charge on any atom is 0.0655 e. The van der Waals surface area contributed by atoms with Crippen LogP contribution in [-0.2, 0) is 12.8 Å². The number of hydrogen-bond acceptors (Lipinski definition) is 0. The summed E-state index contributed by atoms with van der Waals surface area (Å²) in [5.74, 6) is 0. The molecule has 0 aliphatic heterocycles. The summed E-state index contributed by atoms with van der Waals surface area (Å²) in [5, 5.41) is 0. The van der Waals surface area contributed by atoms with Gasteiger partial charge in [0.2, 0.25) is 0 Å². The third-order valence-corrected chi connectivity index (χ3v) is 5.42. The molecule has 0 amide bonds. The van der Waals surface area contributed by atoms with E-state index in [-0.39, 0.29) is 4.83 Å². The Morgan fingerprint density at radius 1 is 0.950 bits per heavy atom. The maximum absolute atomic E-state index is 3.85. The summed E-state index contributed by atoms with van der Waals surface area (Å²) >= 11 is 7.53. The molecule has 0 saturated heterocycles. The van der Waals surface area contributed by atoms with Crippen LogP contribution in [0.1, 0.15) is 46.5 Å². The topological polar surface area (TPSA) is 0 Å². The van der Waals surface area contributed by atoms with E-state index in [9.17, 15) is 0 Å². The highest BCUT2D eigenvalue weighted by molar-refractivity contribution is 9.11. The second-order valence-electron chi connectivity index (χ2n) is 5.12. The zero-order valence-corrected chi connectivity index (χ0v) is 15.4. The van der Waals surface area contributed by atoms with Crippen LogP contribution in [0.4, 0.5) is 0 Å². The molecule has 0 saturated carbocycles. The minimum atomic E-state index is 0.230. The van der Waals surface area contributed by atoms with Crippen LogP contribution in [0.3, 0.4) is 0 Å². The highest BCUT2D eigenvalue weighted by atomic mass is 79.9. The first-order chi connectivity index (χ1) is 9.56. The molecule has 20 heavy (non-hydrogen) atoms. The Labute approximate surface area is 138 Å². The first-order valence-electron chi connectivity index (χ1n) is 7.08. The van der Waals surface area contributed by atoms with Crippen molar-refractivity contribution in [2.75, 3.05) is 0 Å². The van der Waals surface area contributed by atoms with Gasteiger partial charge in [0.1, 0.15) is 0 Å². The van der Waals surface area contributed by atoms with Gasteiger partial charge in [0.25, 0.3) is 0 Å². The van der Waals surface area contributed by atoms with Crippen molar-refractivity contribution < 1.29 is 0 Å². The number of hydrogen-bond donors (Lipinski definition) is 0. The van der Waals surface area contributed by atoms with Gasteiger partial charge in [-0.15, -0.1) is 0 Å². The molecular formula is C18H20Br2. The van der Waals surface area contributed by atoms with E-state index in [1.54, 1.807) is 0 Å². The molecule has 2 aromatic rings. The molecule has 0 aliphatic rings. The lowest BCUT2D eigenvalue weighted by atomic mass is 9.96. The summed E-state index contributed by atoms with van der Waals surface area (Å²) in [6.45, 7) is 6.56. The smallest absolute Gasteiger partial charge is 0.0655 e. The standard InChI is InChI=1S/C18H20Br2/c1-4-13-7-8-15(11-14(13)5-2)18(20)16-9-6-12(3)10-17(16)19/h6-11,18H,4-5H2,1-3H3. The summed E-state index contributed by atoms with van der Waals surface area (Å²) < 4.78 is 1.16. The molecule has 0 N–H and O–H groups in total. The van der Waals surface area contributed by atoms with Crippen LogP contribution in [0.5, 0.6) is 0 Å². The summed E-state index contributed by atoms with van der Waals surface area (Å²) in [5.41, 5.74) is 6.79. The second-order valence-corrected chi connectivity index (χ2v) is 6.89. The number of alkyl halides is 1. The maximum atomic E-state index is 3.85. The quantitative estimate of drug-likeness (QED) is 0.527. The minimum Gasteiger partial charge on any atom is -0.0786 e. The molecule has 1 unspecified atom stereocenters. The monoisotopic (exact) mass is 394 g/mol. The van der Waals surface area contributed by atoms with Crippen LogP contribution in [0, 0.1) is 6.92 Å². The zero-order valence-electron chi connectivity index (χ0n) is 12.2. The fourth-order valence-corrected chi connectivity index (χ4v) is 4.21. The largest absolute Gasteiger partial charge is 0.0786 e. The van der Waals surface area contributed by atoms with E-state index in [0.29, 0.717) is 0 Å². The Hall–Kier alpha value is -0.600. The molecule has 0 spiro atoms. The van der Waals surface area contributed by atoms with E-state index in [0.717, 1.165) is 17.3 Å². The molecule has 2 aromatic carbocycles. The normalized spacial score (nSPS) is 12.4. The van der Waals surface area contributed by atoms with Crippen LogP contribution < -0.4 is 0 Å². The SMILES string of the molecule is CCc1ccc(C(Br)c2ccc(C)cc2Br)cc1CC. The summed E-state index contributed by atoms with van der Waals surface area (Å²) in [6, 6.07) is 13.4.